The molecule has 1 aliphatic rings. The molecule has 0 spiro atoms. The van der Waals surface area contributed by atoms with Gasteiger partial charge in [-0.3, -0.25) is 4.79 Å². The molecule has 2 aromatic heterocycles. The van der Waals surface area contributed by atoms with Crippen LogP contribution < -0.4 is 0 Å². The van der Waals surface area contributed by atoms with E-state index in [0.717, 1.165) is 32.3 Å². The number of nitrogens with zero attached hydrogens (tertiary/aromatic N) is 3. The summed E-state index contributed by atoms with van der Waals surface area (Å²) in [6.45, 7) is 1.87. The Morgan fingerprint density at radius 1 is 1.11 bits per heavy atom. The zero-order valence-corrected chi connectivity index (χ0v) is 15.5. The Balaban J connectivity index is 1.61. The molecule has 0 fully saturated rings. The van der Waals surface area contributed by atoms with Crippen molar-refractivity contribution in [1.29, 1.82) is 0 Å². The number of halogens is 1. The summed E-state index contributed by atoms with van der Waals surface area (Å²) >= 11 is 1.57. The number of Topliss-reactive ketones (excluding diaryl/α,β-unsaturated/α-hetero) is 1. The molecule has 1 aliphatic carbocycles. The van der Waals surface area contributed by atoms with Crippen LogP contribution in [0.4, 0.5) is 4.39 Å². The molecule has 0 aliphatic heterocycles. The van der Waals surface area contributed by atoms with Crippen molar-refractivity contribution in [1.82, 2.24) is 14.8 Å². The van der Waals surface area contributed by atoms with Gasteiger partial charge in [-0.2, -0.15) is 5.10 Å². The third-order valence-electron chi connectivity index (χ3n) is 5.11. The lowest BCUT2D eigenvalue weighted by atomic mass is 9.81. The standard InChI is InChI=1S/C21H16FN3OS/c1-12-20-17(10-14(11-18(20)26)13-6-8-15(22)9-7-13)25(24-12)21-23-16-4-2-3-5-19(16)27-21/h2-9,14H,10-11H2,1H3/t14-/m0/s1. The first-order chi connectivity index (χ1) is 13.1. The maximum absolute atomic E-state index is 13.3. The van der Waals surface area contributed by atoms with Gasteiger partial charge >= 0.3 is 0 Å². The molecule has 4 aromatic rings. The molecule has 0 N–H and O–H groups in total. The Morgan fingerprint density at radius 3 is 2.67 bits per heavy atom. The molecule has 134 valence electrons. The average Bonchev–Trinajstić information content (AvgIpc) is 3.23. The molecule has 0 unspecified atom stereocenters. The first-order valence-electron chi connectivity index (χ1n) is 8.83. The zero-order chi connectivity index (χ0) is 18.5. The van der Waals surface area contributed by atoms with Crippen LogP contribution >= 0.6 is 11.3 Å². The number of benzene rings is 2. The van der Waals surface area contributed by atoms with Crippen molar-refractivity contribution in [2.45, 2.75) is 25.7 Å². The molecule has 0 bridgehead atoms. The monoisotopic (exact) mass is 377 g/mol. The van der Waals surface area contributed by atoms with Crippen LogP contribution in [0.1, 0.15) is 39.6 Å². The molecule has 5 rings (SSSR count). The summed E-state index contributed by atoms with van der Waals surface area (Å²) < 4.78 is 16.2. The maximum Gasteiger partial charge on any atom is 0.211 e. The molecule has 0 saturated carbocycles. The highest BCUT2D eigenvalue weighted by molar-refractivity contribution is 7.20. The van der Waals surface area contributed by atoms with Gasteiger partial charge in [0.05, 0.1) is 27.2 Å². The normalized spacial score (nSPS) is 16.7. The first-order valence-corrected chi connectivity index (χ1v) is 9.65. The van der Waals surface area contributed by atoms with E-state index in [0.29, 0.717) is 18.4 Å². The Labute approximate surface area is 159 Å². The van der Waals surface area contributed by atoms with Crippen LogP contribution in [0.25, 0.3) is 15.3 Å². The van der Waals surface area contributed by atoms with Gasteiger partial charge in [-0.05, 0) is 49.1 Å². The lowest BCUT2D eigenvalue weighted by Crippen LogP contribution is -2.20. The van der Waals surface area contributed by atoms with Crippen molar-refractivity contribution >= 4 is 27.3 Å². The van der Waals surface area contributed by atoms with Gasteiger partial charge in [-0.15, -0.1) is 0 Å². The van der Waals surface area contributed by atoms with Crippen LogP contribution in [-0.2, 0) is 6.42 Å². The van der Waals surface area contributed by atoms with Gasteiger partial charge in [-0.25, -0.2) is 14.1 Å². The minimum absolute atomic E-state index is 0.0230. The number of hydrogen-bond donors (Lipinski definition) is 0. The SMILES string of the molecule is Cc1nn(-c2nc3ccccc3s2)c2c1C(=O)C[C@@H](c1ccc(F)cc1)C2. The zero-order valence-electron chi connectivity index (χ0n) is 14.6. The van der Waals surface area contributed by atoms with E-state index in [1.807, 2.05) is 35.9 Å². The minimum atomic E-state index is -0.267. The van der Waals surface area contributed by atoms with E-state index >= 15 is 0 Å². The van der Waals surface area contributed by atoms with Gasteiger partial charge < -0.3 is 0 Å². The van der Waals surface area contributed by atoms with Crippen molar-refractivity contribution in [2.24, 2.45) is 0 Å². The minimum Gasteiger partial charge on any atom is -0.294 e. The van der Waals surface area contributed by atoms with Gasteiger partial charge in [0.25, 0.3) is 0 Å². The van der Waals surface area contributed by atoms with Gasteiger partial charge in [0.15, 0.2) is 5.78 Å². The predicted octanol–water partition coefficient (Wildman–Crippen LogP) is 4.84. The van der Waals surface area contributed by atoms with Gasteiger partial charge in [-0.1, -0.05) is 35.6 Å². The number of carbonyl (C=O) groups is 1. The molecule has 1 atom stereocenters. The van der Waals surface area contributed by atoms with Crippen molar-refractivity contribution in [3.05, 3.63) is 76.9 Å². The second-order valence-corrected chi connectivity index (χ2v) is 7.87. The highest BCUT2D eigenvalue weighted by Crippen LogP contribution is 2.36. The Hall–Kier alpha value is -2.86. The van der Waals surface area contributed by atoms with E-state index in [2.05, 4.69) is 5.10 Å². The summed E-state index contributed by atoms with van der Waals surface area (Å²) in [6, 6.07) is 14.4. The summed E-state index contributed by atoms with van der Waals surface area (Å²) in [5, 5.41) is 5.41. The molecule has 27 heavy (non-hydrogen) atoms. The quantitative estimate of drug-likeness (QED) is 0.502. The van der Waals surface area contributed by atoms with Crippen molar-refractivity contribution in [2.75, 3.05) is 0 Å². The van der Waals surface area contributed by atoms with Gasteiger partial charge in [0.1, 0.15) is 5.82 Å². The predicted molar refractivity (Wildman–Crippen MR) is 103 cm³/mol. The first kappa shape index (κ1) is 16.3. The summed E-state index contributed by atoms with van der Waals surface area (Å²) in [6.07, 6.45) is 1.11. The lowest BCUT2D eigenvalue weighted by molar-refractivity contribution is 0.0963. The van der Waals surface area contributed by atoms with Crippen LogP contribution in [0.15, 0.2) is 48.5 Å². The highest BCUT2D eigenvalue weighted by atomic mass is 32.1. The number of ketones is 1. The molecule has 0 saturated heterocycles. The topological polar surface area (TPSA) is 47.8 Å². The molecular formula is C21H16FN3OS. The molecule has 2 heterocycles. The summed E-state index contributed by atoms with van der Waals surface area (Å²) in [5.74, 6) is -0.151. The molecule has 4 nitrogen and oxygen atoms in total. The number of aromatic nitrogens is 3. The Morgan fingerprint density at radius 2 is 1.89 bits per heavy atom. The molecule has 6 heteroatoms. The number of rotatable bonds is 2. The highest BCUT2D eigenvalue weighted by Gasteiger charge is 2.32. The smallest absolute Gasteiger partial charge is 0.211 e. The number of hydrogen-bond acceptors (Lipinski definition) is 4. The van der Waals surface area contributed by atoms with E-state index in [-0.39, 0.29) is 17.5 Å². The molecule has 2 aromatic carbocycles. The van der Waals surface area contributed by atoms with Crippen LogP contribution in [0.5, 0.6) is 0 Å². The largest absolute Gasteiger partial charge is 0.294 e. The number of carbonyl (C=O) groups excluding carboxylic acids is 1. The van der Waals surface area contributed by atoms with Crippen molar-refractivity contribution in [3.63, 3.8) is 0 Å². The molecule has 0 radical (unpaired) electrons. The maximum atomic E-state index is 13.3. The van der Waals surface area contributed by atoms with Crippen LogP contribution in [0, 0.1) is 12.7 Å². The van der Waals surface area contributed by atoms with Crippen LogP contribution in [-0.4, -0.2) is 20.5 Å². The molecular weight excluding hydrogens is 361 g/mol. The van der Waals surface area contributed by atoms with Crippen LogP contribution in [0.2, 0.25) is 0 Å². The second kappa shape index (κ2) is 6.09. The lowest BCUT2D eigenvalue weighted by Gasteiger charge is -2.22. The fourth-order valence-electron chi connectivity index (χ4n) is 3.84. The third kappa shape index (κ3) is 2.68. The van der Waals surface area contributed by atoms with E-state index in [9.17, 15) is 9.18 Å². The second-order valence-electron chi connectivity index (χ2n) is 6.86. The number of para-hydroxylation sites is 1. The summed E-state index contributed by atoms with van der Waals surface area (Å²) in [4.78, 5) is 17.5. The fourth-order valence-corrected chi connectivity index (χ4v) is 4.78. The van der Waals surface area contributed by atoms with Crippen LogP contribution in [0.3, 0.4) is 0 Å². The molecule has 0 amide bonds. The van der Waals surface area contributed by atoms with Crippen molar-refractivity contribution < 1.29 is 9.18 Å². The summed E-state index contributed by atoms with van der Waals surface area (Å²) in [5.41, 5.74) is 4.26. The van der Waals surface area contributed by atoms with Gasteiger partial charge in [0.2, 0.25) is 5.13 Å². The number of thiazole rings is 1. The van der Waals surface area contributed by atoms with Crippen molar-refractivity contribution in [3.8, 4) is 5.13 Å². The number of aryl methyl sites for hydroxylation is 1. The fraction of sp³-hybridized carbons (Fsp3) is 0.190. The van der Waals surface area contributed by atoms with E-state index in [4.69, 9.17) is 4.98 Å². The van der Waals surface area contributed by atoms with E-state index in [1.54, 1.807) is 23.5 Å². The average molecular weight is 377 g/mol. The Bertz CT molecular complexity index is 1140. The number of fused-ring (bicyclic) bond motifs is 2. The van der Waals surface area contributed by atoms with Gasteiger partial charge in [0, 0.05) is 6.42 Å². The summed E-state index contributed by atoms with van der Waals surface area (Å²) in [7, 11) is 0. The van der Waals surface area contributed by atoms with E-state index in [1.165, 1.54) is 12.1 Å². The Kier molecular flexibility index (Phi) is 3.68. The third-order valence-corrected chi connectivity index (χ3v) is 6.12. The van der Waals surface area contributed by atoms with E-state index < -0.39 is 0 Å².